The van der Waals surface area contributed by atoms with Gasteiger partial charge in [0, 0.05) is 11.6 Å². The third-order valence-electron chi connectivity index (χ3n) is 5.54. The molecule has 0 aliphatic carbocycles. The predicted molar refractivity (Wildman–Crippen MR) is 131 cm³/mol. The Morgan fingerprint density at radius 1 is 1.00 bits per heavy atom. The Labute approximate surface area is 207 Å². The first-order chi connectivity index (χ1) is 17.3. The van der Waals surface area contributed by atoms with Gasteiger partial charge in [-0.2, -0.15) is 0 Å². The number of furan rings is 1. The van der Waals surface area contributed by atoms with E-state index in [4.69, 9.17) is 13.9 Å². The Morgan fingerprint density at radius 3 is 2.36 bits per heavy atom. The van der Waals surface area contributed by atoms with E-state index in [1.54, 1.807) is 53.1 Å². The molecule has 0 bridgehead atoms. The van der Waals surface area contributed by atoms with Crippen LogP contribution in [0.4, 0.5) is 5.69 Å². The van der Waals surface area contributed by atoms with Crippen molar-refractivity contribution in [1.82, 2.24) is 14.8 Å². The highest BCUT2D eigenvalue weighted by Crippen LogP contribution is 2.36. The Hall–Kier alpha value is -4.19. The third-order valence-corrected chi connectivity index (χ3v) is 7.14. The van der Waals surface area contributed by atoms with E-state index in [1.807, 2.05) is 0 Å². The predicted octanol–water partition coefficient (Wildman–Crippen LogP) is 4.00. The molecule has 0 saturated carbocycles. The zero-order chi connectivity index (χ0) is 25.7. The van der Waals surface area contributed by atoms with E-state index in [1.165, 1.54) is 26.5 Å². The number of aryl methyl sites for hydroxylation is 1. The van der Waals surface area contributed by atoms with Crippen molar-refractivity contribution < 1.29 is 27.2 Å². The first kappa shape index (κ1) is 24.9. The Morgan fingerprint density at radius 2 is 1.72 bits per heavy atom. The second-order valence-electron chi connectivity index (χ2n) is 7.85. The average molecular weight is 513 g/mol. The molecule has 0 radical (unpaired) electrons. The topological polar surface area (TPSA) is 140 Å². The number of hydrogen-bond acceptors (Lipinski definition) is 9. The molecule has 11 nitrogen and oxygen atoms in total. The molecule has 12 heteroatoms. The number of benzene rings is 2. The fourth-order valence-electron chi connectivity index (χ4n) is 3.91. The first-order valence-electron chi connectivity index (χ1n) is 11.0. The van der Waals surface area contributed by atoms with Gasteiger partial charge in [0.05, 0.1) is 31.2 Å². The zero-order valence-electron chi connectivity index (χ0n) is 19.7. The summed E-state index contributed by atoms with van der Waals surface area (Å²) in [7, 11) is -0.680. The van der Waals surface area contributed by atoms with Gasteiger partial charge in [-0.05, 0) is 37.1 Å². The van der Waals surface area contributed by atoms with Crippen LogP contribution in [-0.2, 0) is 22.0 Å². The van der Waals surface area contributed by atoms with Crippen molar-refractivity contribution in [1.29, 1.82) is 0 Å². The molecule has 0 amide bonds. The summed E-state index contributed by atoms with van der Waals surface area (Å²) < 4.78 is 44.3. The molecule has 0 aliphatic rings. The van der Waals surface area contributed by atoms with Crippen LogP contribution in [0.5, 0.6) is 11.5 Å². The summed E-state index contributed by atoms with van der Waals surface area (Å²) in [6.07, 6.45) is 1.94. The molecule has 4 rings (SSSR count). The molecule has 36 heavy (non-hydrogen) atoms. The molecule has 0 N–H and O–H groups in total. The lowest BCUT2D eigenvalue weighted by molar-refractivity contribution is -0.385. The van der Waals surface area contributed by atoms with Crippen LogP contribution in [0.15, 0.2) is 65.3 Å². The number of nitrogens with zero attached hydrogens (tertiary/aromatic N) is 4. The normalized spacial score (nSPS) is 11.4. The van der Waals surface area contributed by atoms with Crippen molar-refractivity contribution >= 4 is 15.5 Å². The van der Waals surface area contributed by atoms with Gasteiger partial charge in [-0.25, -0.2) is 8.42 Å². The molecular weight excluding hydrogens is 488 g/mol. The number of sulfone groups is 1. The molecular formula is C24H24N4O7S. The van der Waals surface area contributed by atoms with Crippen LogP contribution in [0, 0.1) is 10.1 Å². The SMILES string of the molecule is COc1cccc(OC)c1-n1c(CS(=O)(=O)CCCc2ccccc2[N+](=O)[O-])nnc1-c1ccco1. The lowest BCUT2D eigenvalue weighted by Crippen LogP contribution is -2.15. The smallest absolute Gasteiger partial charge is 0.272 e. The van der Waals surface area contributed by atoms with E-state index in [-0.39, 0.29) is 35.9 Å². The summed E-state index contributed by atoms with van der Waals surface area (Å²) in [5, 5.41) is 19.6. The van der Waals surface area contributed by atoms with Crippen LogP contribution < -0.4 is 9.47 Å². The highest BCUT2D eigenvalue weighted by molar-refractivity contribution is 7.90. The summed E-state index contributed by atoms with van der Waals surface area (Å²) in [6, 6.07) is 14.9. The number of aromatic nitrogens is 3. The molecule has 2 aromatic heterocycles. The summed E-state index contributed by atoms with van der Waals surface area (Å²) in [4.78, 5) is 10.8. The summed E-state index contributed by atoms with van der Waals surface area (Å²) in [5.74, 6) is 1.07. The van der Waals surface area contributed by atoms with Gasteiger partial charge in [-0.1, -0.05) is 24.3 Å². The molecule has 0 spiro atoms. The van der Waals surface area contributed by atoms with Crippen molar-refractivity contribution in [3.8, 4) is 28.8 Å². The van der Waals surface area contributed by atoms with Crippen molar-refractivity contribution in [2.45, 2.75) is 18.6 Å². The van der Waals surface area contributed by atoms with Gasteiger partial charge < -0.3 is 13.9 Å². The van der Waals surface area contributed by atoms with E-state index in [0.717, 1.165) is 0 Å². The van der Waals surface area contributed by atoms with Crippen molar-refractivity contribution in [3.05, 3.63) is 82.4 Å². The third kappa shape index (κ3) is 5.23. The minimum Gasteiger partial charge on any atom is -0.494 e. The maximum atomic E-state index is 13.1. The van der Waals surface area contributed by atoms with Crippen molar-refractivity contribution in [2.24, 2.45) is 0 Å². The van der Waals surface area contributed by atoms with Crippen LogP contribution in [-0.4, -0.2) is 48.1 Å². The molecule has 0 atom stereocenters. The number of nitro groups is 1. The number of rotatable bonds is 11. The van der Waals surface area contributed by atoms with E-state index in [0.29, 0.717) is 28.5 Å². The monoisotopic (exact) mass is 512 g/mol. The van der Waals surface area contributed by atoms with Gasteiger partial charge in [0.25, 0.3) is 5.69 Å². The van der Waals surface area contributed by atoms with Gasteiger partial charge in [0.15, 0.2) is 21.4 Å². The fraction of sp³-hybridized carbons (Fsp3) is 0.250. The van der Waals surface area contributed by atoms with E-state index in [9.17, 15) is 18.5 Å². The Kier molecular flexibility index (Phi) is 7.34. The van der Waals surface area contributed by atoms with E-state index >= 15 is 0 Å². The molecule has 0 fully saturated rings. The molecule has 188 valence electrons. The van der Waals surface area contributed by atoms with Crippen LogP contribution in [0.25, 0.3) is 17.3 Å². The minimum atomic E-state index is -3.67. The largest absolute Gasteiger partial charge is 0.494 e. The van der Waals surface area contributed by atoms with Gasteiger partial charge in [0.2, 0.25) is 5.82 Å². The summed E-state index contributed by atoms with van der Waals surface area (Å²) in [6.45, 7) is 0. The Bertz CT molecular complexity index is 1440. The minimum absolute atomic E-state index is 0.0269. The number of methoxy groups -OCH3 is 2. The summed E-state index contributed by atoms with van der Waals surface area (Å²) in [5.41, 5.74) is 0.893. The van der Waals surface area contributed by atoms with Gasteiger partial charge >= 0.3 is 0 Å². The number of nitro benzene ring substituents is 1. The average Bonchev–Trinajstić information content (AvgIpc) is 3.53. The first-order valence-corrected chi connectivity index (χ1v) is 12.8. The maximum Gasteiger partial charge on any atom is 0.272 e. The molecule has 2 aromatic carbocycles. The number of hydrogen-bond donors (Lipinski definition) is 0. The van der Waals surface area contributed by atoms with E-state index in [2.05, 4.69) is 10.2 Å². The van der Waals surface area contributed by atoms with Crippen LogP contribution in [0.3, 0.4) is 0 Å². The molecule has 4 aromatic rings. The van der Waals surface area contributed by atoms with E-state index < -0.39 is 20.5 Å². The molecule has 2 heterocycles. The van der Waals surface area contributed by atoms with Crippen molar-refractivity contribution in [2.75, 3.05) is 20.0 Å². The van der Waals surface area contributed by atoms with Gasteiger partial charge in [0.1, 0.15) is 22.9 Å². The van der Waals surface area contributed by atoms with Crippen molar-refractivity contribution in [3.63, 3.8) is 0 Å². The number of ether oxygens (including phenoxy) is 2. The van der Waals surface area contributed by atoms with Gasteiger partial charge in [-0.3, -0.25) is 14.7 Å². The fourth-order valence-corrected chi connectivity index (χ4v) is 5.22. The highest BCUT2D eigenvalue weighted by Gasteiger charge is 2.26. The molecule has 0 aliphatic heterocycles. The number of para-hydroxylation sites is 2. The summed E-state index contributed by atoms with van der Waals surface area (Å²) >= 11 is 0. The second-order valence-corrected chi connectivity index (χ2v) is 10.0. The van der Waals surface area contributed by atoms with Gasteiger partial charge in [-0.15, -0.1) is 10.2 Å². The standard InChI is InChI=1S/C24H24N4O7S/c1-33-19-11-5-12-20(34-2)23(19)27-22(25-26-24(27)21-13-6-14-35-21)16-36(31,32)15-7-9-17-8-3-4-10-18(17)28(29)30/h3-6,8,10-14H,7,9,15-16H2,1-2H3. The zero-order valence-corrected chi connectivity index (χ0v) is 20.5. The Balaban J connectivity index is 1.65. The lowest BCUT2D eigenvalue weighted by Gasteiger charge is -2.16. The second kappa shape index (κ2) is 10.6. The molecule has 0 saturated heterocycles. The lowest BCUT2D eigenvalue weighted by atomic mass is 10.1. The van der Waals surface area contributed by atoms with Crippen LogP contribution in [0.2, 0.25) is 0 Å². The highest BCUT2D eigenvalue weighted by atomic mass is 32.2. The maximum absolute atomic E-state index is 13.1. The quantitative estimate of drug-likeness (QED) is 0.215. The molecule has 0 unspecified atom stereocenters. The van der Waals surface area contributed by atoms with Crippen LogP contribution in [0.1, 0.15) is 17.8 Å². The van der Waals surface area contributed by atoms with Crippen LogP contribution >= 0.6 is 0 Å².